The van der Waals surface area contributed by atoms with Gasteiger partial charge in [-0.25, -0.2) is 0 Å². The van der Waals surface area contributed by atoms with Crippen LogP contribution in [0.1, 0.15) is 38.0 Å². The number of ether oxygens (including phenoxy) is 1. The van der Waals surface area contributed by atoms with Crippen LogP contribution in [0.4, 0.5) is 0 Å². The quantitative estimate of drug-likeness (QED) is 0.343. The average molecular weight is 543 g/mol. The lowest BCUT2D eigenvalue weighted by Gasteiger charge is -2.43. The maximum Gasteiger partial charge on any atom is 0.261 e. The van der Waals surface area contributed by atoms with E-state index in [1.54, 1.807) is 18.2 Å². The Labute approximate surface area is 224 Å². The third-order valence-corrected chi connectivity index (χ3v) is 12.5. The van der Waals surface area contributed by atoms with Gasteiger partial charge in [0.2, 0.25) is 0 Å². The molecule has 0 aromatic heterocycles. The predicted octanol–water partition coefficient (Wildman–Crippen LogP) is 2.93. The normalized spacial score (nSPS) is 24.7. The van der Waals surface area contributed by atoms with E-state index in [1.165, 1.54) is 0 Å². The molecule has 1 saturated heterocycles. The highest BCUT2D eigenvalue weighted by Gasteiger charge is 2.50. The molecule has 0 amide bonds. The van der Waals surface area contributed by atoms with Crippen LogP contribution >= 0.6 is 11.6 Å². The third-order valence-electron chi connectivity index (χ3n) is 7.15. The van der Waals surface area contributed by atoms with Crippen molar-refractivity contribution in [3.05, 3.63) is 95.0 Å². The van der Waals surface area contributed by atoms with Gasteiger partial charge in [-0.3, -0.25) is 0 Å². The lowest BCUT2D eigenvalue weighted by Crippen LogP contribution is -2.66. The van der Waals surface area contributed by atoms with Crippen LogP contribution in [0, 0.1) is 0 Å². The largest absolute Gasteiger partial charge is 0.403 e. The Bertz CT molecular complexity index is 1130. The van der Waals surface area contributed by atoms with Crippen LogP contribution in [-0.4, -0.2) is 59.8 Å². The molecule has 0 radical (unpaired) electrons. The second-order valence-electron chi connectivity index (χ2n) is 10.6. The number of hydrogen-bond donors (Lipinski definition) is 4. The topological polar surface area (TPSA) is 99.4 Å². The van der Waals surface area contributed by atoms with Crippen molar-refractivity contribution < 1.29 is 29.6 Å². The molecule has 1 fully saturated rings. The molecular weight excluding hydrogens is 508 g/mol. The smallest absolute Gasteiger partial charge is 0.261 e. The Morgan fingerprint density at radius 1 is 0.838 bits per heavy atom. The van der Waals surface area contributed by atoms with E-state index in [1.807, 2.05) is 36.4 Å². The fraction of sp³-hybridized carbons (Fsp3) is 0.379. The Hall–Kier alpha value is -2.07. The second-order valence-corrected chi connectivity index (χ2v) is 15.3. The summed E-state index contributed by atoms with van der Waals surface area (Å²) in [4.78, 5) is 0. The van der Waals surface area contributed by atoms with E-state index in [4.69, 9.17) is 20.8 Å². The first kappa shape index (κ1) is 27.9. The lowest BCUT2D eigenvalue weighted by atomic mass is 9.91. The molecule has 6 nitrogen and oxygen atoms in total. The van der Waals surface area contributed by atoms with Gasteiger partial charge in [-0.2, -0.15) is 0 Å². The summed E-state index contributed by atoms with van der Waals surface area (Å²) in [6, 6.07) is 25.8. The highest BCUT2D eigenvalue weighted by Crippen LogP contribution is 2.39. The number of halogens is 1. The third kappa shape index (κ3) is 5.41. The van der Waals surface area contributed by atoms with Gasteiger partial charge in [0.05, 0.1) is 13.2 Å². The number of rotatable bonds is 7. The summed E-state index contributed by atoms with van der Waals surface area (Å²) in [5, 5.41) is 43.2. The number of hydrogen-bond acceptors (Lipinski definition) is 6. The molecule has 0 bridgehead atoms. The van der Waals surface area contributed by atoms with E-state index in [-0.39, 0.29) is 11.6 Å². The van der Waals surface area contributed by atoms with Crippen molar-refractivity contribution in [2.45, 2.75) is 62.9 Å². The van der Waals surface area contributed by atoms with Crippen LogP contribution in [0.5, 0.6) is 0 Å². The van der Waals surface area contributed by atoms with Gasteiger partial charge in [-0.1, -0.05) is 99.1 Å². The van der Waals surface area contributed by atoms with Crippen LogP contribution in [0.2, 0.25) is 10.1 Å². The molecule has 0 aliphatic carbocycles. The van der Waals surface area contributed by atoms with E-state index < -0.39 is 45.4 Å². The summed E-state index contributed by atoms with van der Waals surface area (Å²) >= 11 is 6.62. The van der Waals surface area contributed by atoms with E-state index in [0.29, 0.717) is 16.1 Å². The molecule has 198 valence electrons. The lowest BCUT2D eigenvalue weighted by molar-refractivity contribution is -0.231. The minimum atomic E-state index is -2.81. The number of aliphatic hydroxyl groups excluding tert-OH is 4. The summed E-state index contributed by atoms with van der Waals surface area (Å²) in [6.45, 7) is 6.33. The van der Waals surface area contributed by atoms with Crippen LogP contribution < -0.4 is 10.4 Å². The van der Waals surface area contributed by atoms with Crippen molar-refractivity contribution in [3.8, 4) is 0 Å². The van der Waals surface area contributed by atoms with Crippen molar-refractivity contribution in [2.75, 3.05) is 6.61 Å². The van der Waals surface area contributed by atoms with Crippen LogP contribution in [0.15, 0.2) is 78.9 Å². The van der Waals surface area contributed by atoms with Gasteiger partial charge in [-0.05, 0) is 38.7 Å². The number of benzene rings is 3. The first-order chi connectivity index (χ1) is 17.6. The van der Waals surface area contributed by atoms with Crippen molar-refractivity contribution in [1.82, 2.24) is 0 Å². The summed E-state index contributed by atoms with van der Waals surface area (Å²) in [7, 11) is -2.81. The van der Waals surface area contributed by atoms with Crippen LogP contribution in [0.3, 0.4) is 0 Å². The molecule has 5 atom stereocenters. The molecule has 3 aromatic carbocycles. The Balaban J connectivity index is 1.72. The Kier molecular flexibility index (Phi) is 8.57. The van der Waals surface area contributed by atoms with E-state index in [2.05, 4.69) is 45.0 Å². The molecular formula is C29H35ClO6Si. The van der Waals surface area contributed by atoms with Crippen molar-refractivity contribution in [3.63, 3.8) is 0 Å². The average Bonchev–Trinajstić information content (AvgIpc) is 2.89. The predicted molar refractivity (Wildman–Crippen MR) is 147 cm³/mol. The van der Waals surface area contributed by atoms with Crippen molar-refractivity contribution >= 4 is 30.3 Å². The zero-order valence-corrected chi connectivity index (χ0v) is 23.0. The second kappa shape index (κ2) is 11.4. The number of aliphatic hydroxyl groups is 4. The molecule has 4 rings (SSSR count). The Morgan fingerprint density at radius 3 is 1.92 bits per heavy atom. The van der Waals surface area contributed by atoms with Crippen molar-refractivity contribution in [2.24, 2.45) is 0 Å². The first-order valence-corrected chi connectivity index (χ1v) is 14.7. The van der Waals surface area contributed by atoms with Crippen molar-refractivity contribution in [1.29, 1.82) is 0 Å². The summed E-state index contributed by atoms with van der Waals surface area (Å²) in [5.74, 6) is 0. The van der Waals surface area contributed by atoms with Gasteiger partial charge in [0.15, 0.2) is 0 Å². The van der Waals surface area contributed by atoms with Gasteiger partial charge in [0.1, 0.15) is 30.5 Å². The SMILES string of the molecule is CC(C)(C)[Si](OCc1cc([C@@H]2OC(CO)[C@@H](O)[C@H](O)C2O)ccc1Cl)(c1ccccc1)c1ccccc1. The van der Waals surface area contributed by atoms with Gasteiger partial charge in [0, 0.05) is 5.02 Å². The highest BCUT2D eigenvalue weighted by atomic mass is 35.5. The summed E-state index contributed by atoms with van der Waals surface area (Å²) in [6.07, 6.45) is -6.18. The molecule has 1 heterocycles. The molecule has 0 spiro atoms. The maximum absolute atomic E-state index is 10.6. The monoisotopic (exact) mass is 542 g/mol. The first-order valence-electron chi connectivity index (χ1n) is 12.4. The molecule has 8 heteroatoms. The van der Waals surface area contributed by atoms with Gasteiger partial charge < -0.3 is 29.6 Å². The van der Waals surface area contributed by atoms with Gasteiger partial charge in [0.25, 0.3) is 8.32 Å². The summed E-state index contributed by atoms with van der Waals surface area (Å²) in [5.41, 5.74) is 1.28. The van der Waals surface area contributed by atoms with E-state index >= 15 is 0 Å². The minimum Gasteiger partial charge on any atom is -0.403 e. The standard InChI is InChI=1S/C29H35ClO6Si/c1-29(2,3)37(21-10-6-4-7-11-21,22-12-8-5-9-13-22)35-18-20-16-19(14-15-23(20)30)28-27(34)26(33)25(32)24(17-31)36-28/h4-16,24-28,31-34H,17-18H2,1-3H3/t24?,25-,26+,27?,28+/m1/s1. The zero-order chi connectivity index (χ0) is 26.8. The fourth-order valence-corrected chi connectivity index (χ4v) is 9.91. The zero-order valence-electron chi connectivity index (χ0n) is 21.3. The van der Waals surface area contributed by atoms with Gasteiger partial charge >= 0.3 is 0 Å². The molecule has 1 aliphatic rings. The van der Waals surface area contributed by atoms with Crippen LogP contribution in [-0.2, 0) is 15.8 Å². The molecule has 37 heavy (non-hydrogen) atoms. The Morgan fingerprint density at radius 2 is 1.41 bits per heavy atom. The van der Waals surface area contributed by atoms with Crippen LogP contribution in [0.25, 0.3) is 0 Å². The molecule has 2 unspecified atom stereocenters. The molecule has 3 aromatic rings. The van der Waals surface area contributed by atoms with E-state index in [9.17, 15) is 20.4 Å². The molecule has 4 N–H and O–H groups in total. The highest BCUT2D eigenvalue weighted by molar-refractivity contribution is 6.99. The fourth-order valence-electron chi connectivity index (χ4n) is 5.21. The van der Waals surface area contributed by atoms with E-state index in [0.717, 1.165) is 10.4 Å². The molecule has 1 aliphatic heterocycles. The minimum absolute atomic E-state index is 0.211. The maximum atomic E-state index is 10.6. The van der Waals surface area contributed by atoms with Gasteiger partial charge in [-0.15, -0.1) is 0 Å². The molecule has 0 saturated carbocycles. The summed E-state index contributed by atoms with van der Waals surface area (Å²) < 4.78 is 12.8.